The Hall–Kier alpha value is -2.29. The lowest BCUT2D eigenvalue weighted by Gasteiger charge is -2.04. The molecule has 2 aromatic rings. The van der Waals surface area contributed by atoms with E-state index in [9.17, 15) is 9.59 Å². The quantitative estimate of drug-likeness (QED) is 0.723. The summed E-state index contributed by atoms with van der Waals surface area (Å²) < 4.78 is 10.4. The Morgan fingerprint density at radius 3 is 2.13 bits per heavy atom. The molecule has 0 aliphatic heterocycles. The summed E-state index contributed by atoms with van der Waals surface area (Å²) in [7, 11) is 3.02. The SMILES string of the molecule is COc1cccc(C(=O)O)c1.COc1cccc(C(=O)O)c1I. The fourth-order valence-corrected chi connectivity index (χ4v) is 2.40. The largest absolute Gasteiger partial charge is 0.497 e. The fraction of sp³-hybridized carbons (Fsp3) is 0.125. The summed E-state index contributed by atoms with van der Waals surface area (Å²) in [6.07, 6.45) is 0. The first-order valence-electron chi connectivity index (χ1n) is 6.33. The number of aromatic carboxylic acids is 2. The van der Waals surface area contributed by atoms with E-state index < -0.39 is 11.9 Å². The van der Waals surface area contributed by atoms with Crippen molar-refractivity contribution in [3.05, 3.63) is 57.2 Å². The monoisotopic (exact) mass is 430 g/mol. The highest BCUT2D eigenvalue weighted by molar-refractivity contribution is 14.1. The van der Waals surface area contributed by atoms with E-state index in [2.05, 4.69) is 0 Å². The van der Waals surface area contributed by atoms with Gasteiger partial charge in [0.25, 0.3) is 0 Å². The van der Waals surface area contributed by atoms with Gasteiger partial charge in [-0.05, 0) is 52.9 Å². The topological polar surface area (TPSA) is 93.1 Å². The van der Waals surface area contributed by atoms with Crippen molar-refractivity contribution < 1.29 is 29.3 Å². The number of rotatable bonds is 4. The molecule has 0 saturated heterocycles. The van der Waals surface area contributed by atoms with Crippen molar-refractivity contribution in [3.8, 4) is 11.5 Å². The molecule has 6 nitrogen and oxygen atoms in total. The maximum atomic E-state index is 10.6. The molecular weight excluding hydrogens is 415 g/mol. The number of hydrogen-bond acceptors (Lipinski definition) is 4. The number of benzene rings is 2. The Morgan fingerprint density at radius 2 is 1.61 bits per heavy atom. The normalized spacial score (nSPS) is 9.35. The third-order valence-corrected chi connectivity index (χ3v) is 3.84. The molecule has 0 radical (unpaired) electrons. The molecule has 7 heteroatoms. The van der Waals surface area contributed by atoms with E-state index in [0.29, 0.717) is 15.1 Å². The van der Waals surface area contributed by atoms with E-state index in [4.69, 9.17) is 19.7 Å². The van der Waals surface area contributed by atoms with Crippen molar-refractivity contribution in [3.63, 3.8) is 0 Å². The van der Waals surface area contributed by atoms with Gasteiger partial charge in [-0.2, -0.15) is 0 Å². The van der Waals surface area contributed by atoms with Crippen LogP contribution in [0.1, 0.15) is 20.7 Å². The Morgan fingerprint density at radius 1 is 0.957 bits per heavy atom. The van der Waals surface area contributed by atoms with Crippen LogP contribution in [-0.2, 0) is 0 Å². The highest BCUT2D eigenvalue weighted by Gasteiger charge is 2.10. The molecule has 0 fully saturated rings. The Kier molecular flexibility index (Phi) is 7.33. The third-order valence-electron chi connectivity index (χ3n) is 2.73. The van der Waals surface area contributed by atoms with Crippen molar-refractivity contribution in [2.24, 2.45) is 0 Å². The highest BCUT2D eigenvalue weighted by Crippen LogP contribution is 2.23. The van der Waals surface area contributed by atoms with Crippen LogP contribution in [0.15, 0.2) is 42.5 Å². The van der Waals surface area contributed by atoms with Crippen LogP contribution in [0.5, 0.6) is 11.5 Å². The number of carboxylic acids is 2. The Bertz CT molecular complexity index is 699. The van der Waals surface area contributed by atoms with Crippen LogP contribution in [-0.4, -0.2) is 36.4 Å². The second kappa shape index (κ2) is 8.99. The van der Waals surface area contributed by atoms with Gasteiger partial charge in [-0.15, -0.1) is 0 Å². The van der Waals surface area contributed by atoms with Crippen LogP contribution in [0.4, 0.5) is 0 Å². The van der Waals surface area contributed by atoms with Gasteiger partial charge in [0.1, 0.15) is 11.5 Å². The fourth-order valence-electron chi connectivity index (χ4n) is 1.59. The minimum absolute atomic E-state index is 0.240. The van der Waals surface area contributed by atoms with E-state index in [1.807, 2.05) is 22.6 Å². The van der Waals surface area contributed by atoms with Crippen molar-refractivity contribution >= 4 is 34.5 Å². The predicted molar refractivity (Wildman–Crippen MR) is 92.6 cm³/mol. The molecule has 0 saturated carbocycles. The average Bonchev–Trinajstić information content (AvgIpc) is 2.55. The molecule has 2 N–H and O–H groups in total. The van der Waals surface area contributed by atoms with Gasteiger partial charge in [-0.25, -0.2) is 9.59 Å². The minimum atomic E-state index is -0.941. The van der Waals surface area contributed by atoms with Gasteiger partial charge in [-0.1, -0.05) is 12.1 Å². The van der Waals surface area contributed by atoms with Gasteiger partial charge in [-0.3, -0.25) is 0 Å². The molecule has 23 heavy (non-hydrogen) atoms. The van der Waals surface area contributed by atoms with E-state index in [1.54, 1.807) is 30.3 Å². The van der Waals surface area contributed by atoms with Crippen LogP contribution in [0, 0.1) is 3.57 Å². The van der Waals surface area contributed by atoms with Crippen LogP contribution < -0.4 is 9.47 Å². The van der Waals surface area contributed by atoms with Crippen molar-refractivity contribution in [1.82, 2.24) is 0 Å². The molecule has 0 atom stereocenters. The minimum Gasteiger partial charge on any atom is -0.497 e. The number of methoxy groups -OCH3 is 2. The maximum Gasteiger partial charge on any atom is 0.336 e. The van der Waals surface area contributed by atoms with Gasteiger partial charge >= 0.3 is 11.9 Å². The molecular formula is C16H15IO6. The molecule has 0 aliphatic carbocycles. The first-order chi connectivity index (χ1) is 10.9. The van der Waals surface area contributed by atoms with Crippen LogP contribution in [0.25, 0.3) is 0 Å². The van der Waals surface area contributed by atoms with Gasteiger partial charge in [0.05, 0.1) is 28.9 Å². The van der Waals surface area contributed by atoms with Gasteiger partial charge in [0.2, 0.25) is 0 Å². The van der Waals surface area contributed by atoms with Crippen molar-refractivity contribution in [1.29, 1.82) is 0 Å². The van der Waals surface area contributed by atoms with E-state index in [1.165, 1.54) is 26.4 Å². The van der Waals surface area contributed by atoms with Gasteiger partial charge in [0.15, 0.2) is 0 Å². The molecule has 122 valence electrons. The van der Waals surface area contributed by atoms with E-state index in [0.717, 1.165) is 0 Å². The number of halogens is 1. The number of hydrogen-bond donors (Lipinski definition) is 2. The molecule has 2 aromatic carbocycles. The smallest absolute Gasteiger partial charge is 0.336 e. The average molecular weight is 430 g/mol. The Balaban J connectivity index is 0.000000231. The van der Waals surface area contributed by atoms with Crippen LogP contribution >= 0.6 is 22.6 Å². The molecule has 2 rings (SSSR count). The standard InChI is InChI=1S/C8H7IO3.C8H8O3/c1-12-6-4-2-3-5(7(6)9)8(10)11;1-11-7-4-2-3-6(5-7)8(9)10/h2-4H,1H3,(H,10,11);2-5H,1H3,(H,9,10). The van der Waals surface area contributed by atoms with Gasteiger partial charge in [0, 0.05) is 0 Å². The van der Waals surface area contributed by atoms with Crippen LogP contribution in [0.2, 0.25) is 0 Å². The first kappa shape index (κ1) is 18.8. The van der Waals surface area contributed by atoms with Crippen molar-refractivity contribution in [2.75, 3.05) is 14.2 Å². The molecule has 0 heterocycles. The molecule has 0 bridgehead atoms. The summed E-state index contributed by atoms with van der Waals surface area (Å²) in [5.74, 6) is -0.720. The summed E-state index contributed by atoms with van der Waals surface area (Å²) in [5, 5.41) is 17.3. The second-order valence-corrected chi connectivity index (χ2v) is 5.24. The van der Waals surface area contributed by atoms with Gasteiger partial charge < -0.3 is 19.7 Å². The zero-order chi connectivity index (χ0) is 17.4. The predicted octanol–water partition coefficient (Wildman–Crippen LogP) is 3.39. The lowest BCUT2D eigenvalue weighted by atomic mass is 10.2. The van der Waals surface area contributed by atoms with Crippen LogP contribution in [0.3, 0.4) is 0 Å². The summed E-state index contributed by atoms with van der Waals surface area (Å²) in [4.78, 5) is 21.0. The summed E-state index contributed by atoms with van der Waals surface area (Å²) in [5.41, 5.74) is 0.513. The van der Waals surface area contributed by atoms with E-state index in [-0.39, 0.29) is 11.1 Å². The molecule has 0 spiro atoms. The summed E-state index contributed by atoms with van der Waals surface area (Å²) in [6.45, 7) is 0. The maximum absolute atomic E-state index is 10.6. The Labute approximate surface area is 146 Å². The molecule has 0 amide bonds. The molecule has 0 aromatic heterocycles. The number of ether oxygens (including phenoxy) is 2. The first-order valence-corrected chi connectivity index (χ1v) is 7.41. The third kappa shape index (κ3) is 5.44. The molecule has 0 unspecified atom stereocenters. The molecule has 0 aliphatic rings. The lowest BCUT2D eigenvalue weighted by molar-refractivity contribution is 0.0685. The van der Waals surface area contributed by atoms with E-state index >= 15 is 0 Å². The van der Waals surface area contributed by atoms with Crippen molar-refractivity contribution in [2.45, 2.75) is 0 Å². The second-order valence-electron chi connectivity index (χ2n) is 4.16. The zero-order valence-corrected chi connectivity index (χ0v) is 14.6. The number of carboxylic acid groups (broad SMARTS) is 2. The number of carbonyl (C=O) groups is 2. The lowest BCUT2D eigenvalue weighted by Crippen LogP contribution is -2.00. The zero-order valence-electron chi connectivity index (χ0n) is 12.4. The highest BCUT2D eigenvalue weighted by atomic mass is 127. The summed E-state index contributed by atoms with van der Waals surface area (Å²) >= 11 is 1.95. The summed E-state index contributed by atoms with van der Waals surface area (Å²) in [6, 6.07) is 11.3.